The van der Waals surface area contributed by atoms with Gasteiger partial charge in [0.25, 0.3) is 0 Å². The maximum atomic E-state index is 13.4. The fourth-order valence-corrected chi connectivity index (χ4v) is 5.51. The minimum absolute atomic E-state index is 0.0632. The second-order valence-corrected chi connectivity index (χ2v) is 13.0. The van der Waals surface area contributed by atoms with Crippen molar-refractivity contribution in [2.24, 2.45) is 0 Å². The Morgan fingerprint density at radius 2 is 1.62 bits per heavy atom. The van der Waals surface area contributed by atoms with Crippen LogP contribution in [0.15, 0.2) is 83.1 Å². The smallest absolute Gasteiger partial charge is 0.407 e. The molecule has 0 aliphatic rings. The van der Waals surface area contributed by atoms with Gasteiger partial charge in [0.2, 0.25) is 5.91 Å². The summed E-state index contributed by atoms with van der Waals surface area (Å²) in [5.41, 5.74) is 4.14. The van der Waals surface area contributed by atoms with Crippen LogP contribution in [0, 0.1) is 0 Å². The van der Waals surface area contributed by atoms with Gasteiger partial charge in [0, 0.05) is 25.2 Å². The van der Waals surface area contributed by atoms with Gasteiger partial charge < -0.3 is 35.1 Å². The topological polar surface area (TPSA) is 159 Å². The SMILES string of the molecule is CC(NC(=O)N(C)Cc1coc(C(C)C)n1)C(=O)N[C@@H](Cc1ccccc1)C[C@H](O)[C@H](Cc1ccccc1)NC(=O)OCc1cncs1. The van der Waals surface area contributed by atoms with Crippen LogP contribution in [0.4, 0.5) is 9.59 Å². The Morgan fingerprint density at radius 1 is 0.958 bits per heavy atom. The summed E-state index contributed by atoms with van der Waals surface area (Å²) in [4.78, 5) is 49.8. The third-order valence-electron chi connectivity index (χ3n) is 7.63. The lowest BCUT2D eigenvalue weighted by Gasteiger charge is -2.29. The Kier molecular flexibility index (Phi) is 13.5. The van der Waals surface area contributed by atoms with Gasteiger partial charge in [0.05, 0.1) is 34.8 Å². The highest BCUT2D eigenvalue weighted by molar-refractivity contribution is 7.09. The van der Waals surface area contributed by atoms with E-state index in [-0.39, 0.29) is 25.5 Å². The number of benzene rings is 2. The zero-order valence-corrected chi connectivity index (χ0v) is 28.5. The second kappa shape index (κ2) is 18.0. The Morgan fingerprint density at radius 3 is 2.23 bits per heavy atom. The van der Waals surface area contributed by atoms with Gasteiger partial charge in [0.1, 0.15) is 18.9 Å². The van der Waals surface area contributed by atoms with Crippen molar-refractivity contribution in [1.29, 1.82) is 0 Å². The maximum absolute atomic E-state index is 13.4. The molecule has 0 saturated carbocycles. The van der Waals surface area contributed by atoms with Gasteiger partial charge in [0.15, 0.2) is 5.89 Å². The zero-order chi connectivity index (χ0) is 34.5. The normalized spacial score (nSPS) is 13.6. The average Bonchev–Trinajstić information content (AvgIpc) is 3.77. The highest BCUT2D eigenvalue weighted by Gasteiger charge is 2.28. The van der Waals surface area contributed by atoms with Gasteiger partial charge in [-0.05, 0) is 37.3 Å². The molecule has 2 aromatic carbocycles. The predicted molar refractivity (Wildman–Crippen MR) is 182 cm³/mol. The molecule has 2 aromatic heterocycles. The van der Waals surface area contributed by atoms with Crippen LogP contribution in [0.2, 0.25) is 0 Å². The van der Waals surface area contributed by atoms with Gasteiger partial charge in [-0.1, -0.05) is 74.5 Å². The number of ether oxygens (including phenoxy) is 1. The molecule has 4 N–H and O–H groups in total. The third kappa shape index (κ3) is 11.5. The van der Waals surface area contributed by atoms with Crippen LogP contribution in [0.3, 0.4) is 0 Å². The highest BCUT2D eigenvalue weighted by Crippen LogP contribution is 2.16. The van der Waals surface area contributed by atoms with E-state index in [1.54, 1.807) is 25.7 Å². The van der Waals surface area contributed by atoms with Gasteiger partial charge in [-0.3, -0.25) is 9.78 Å². The number of nitrogens with one attached hydrogen (secondary N) is 3. The summed E-state index contributed by atoms with van der Waals surface area (Å²) in [6.07, 6.45) is 2.32. The molecule has 4 atom stereocenters. The molecule has 48 heavy (non-hydrogen) atoms. The molecule has 1 unspecified atom stereocenters. The molecule has 4 aromatic rings. The summed E-state index contributed by atoms with van der Waals surface area (Å²) in [6, 6.07) is 16.5. The minimum atomic E-state index is -1.05. The Hall–Kier alpha value is -4.75. The molecule has 4 amide bonds. The van der Waals surface area contributed by atoms with E-state index in [4.69, 9.17) is 9.15 Å². The van der Waals surface area contributed by atoms with Crippen molar-refractivity contribution in [2.45, 2.75) is 83.3 Å². The van der Waals surface area contributed by atoms with E-state index in [0.29, 0.717) is 24.4 Å². The van der Waals surface area contributed by atoms with Crippen molar-refractivity contribution in [3.8, 4) is 0 Å². The molecule has 0 spiro atoms. The molecule has 4 rings (SSSR count). The van der Waals surface area contributed by atoms with Gasteiger partial charge in [-0.15, -0.1) is 11.3 Å². The minimum Gasteiger partial charge on any atom is -0.448 e. The quantitative estimate of drug-likeness (QED) is 0.132. The van der Waals surface area contributed by atoms with Crippen LogP contribution in [-0.4, -0.2) is 69.3 Å². The summed E-state index contributed by atoms with van der Waals surface area (Å²) < 4.78 is 10.9. The van der Waals surface area contributed by atoms with Crippen molar-refractivity contribution in [3.05, 3.63) is 106 Å². The summed E-state index contributed by atoms with van der Waals surface area (Å²) in [5, 5.41) is 20.1. The number of rotatable bonds is 16. The summed E-state index contributed by atoms with van der Waals surface area (Å²) >= 11 is 1.38. The van der Waals surface area contributed by atoms with Crippen LogP contribution in [0.1, 0.15) is 60.7 Å². The number of amides is 4. The van der Waals surface area contributed by atoms with Crippen LogP contribution in [0.5, 0.6) is 0 Å². The first-order valence-corrected chi connectivity index (χ1v) is 16.8. The number of nitrogens with zero attached hydrogens (tertiary/aromatic N) is 3. The van der Waals surface area contributed by atoms with E-state index in [1.165, 1.54) is 22.5 Å². The fourth-order valence-electron chi connectivity index (χ4n) is 5.00. The number of aliphatic hydroxyl groups is 1. The first-order chi connectivity index (χ1) is 23.1. The Labute approximate surface area is 284 Å². The molecule has 0 fully saturated rings. The summed E-state index contributed by atoms with van der Waals surface area (Å²) in [6.45, 7) is 5.81. The Bertz CT molecular complexity index is 1570. The number of aromatic nitrogens is 2. The number of carbonyl (C=O) groups is 3. The number of urea groups is 1. The van der Waals surface area contributed by atoms with Crippen LogP contribution in [0.25, 0.3) is 0 Å². The van der Waals surface area contributed by atoms with Crippen LogP contribution < -0.4 is 16.0 Å². The van der Waals surface area contributed by atoms with E-state index in [9.17, 15) is 19.5 Å². The number of oxazole rings is 1. The largest absolute Gasteiger partial charge is 0.448 e. The van der Waals surface area contributed by atoms with Crippen molar-refractivity contribution < 1.29 is 28.6 Å². The maximum Gasteiger partial charge on any atom is 0.407 e. The molecule has 0 saturated heterocycles. The number of thiazole rings is 1. The molecule has 0 aliphatic carbocycles. The fraction of sp³-hybridized carbons (Fsp3) is 0.400. The molecule has 0 bridgehead atoms. The predicted octanol–water partition coefficient (Wildman–Crippen LogP) is 4.80. The highest BCUT2D eigenvalue weighted by atomic mass is 32.1. The van der Waals surface area contributed by atoms with Crippen LogP contribution in [-0.2, 0) is 35.5 Å². The summed E-state index contributed by atoms with van der Waals surface area (Å²) in [7, 11) is 1.61. The number of alkyl carbamates (subject to hydrolysis) is 1. The van der Waals surface area contributed by atoms with E-state index < -0.39 is 42.3 Å². The Balaban J connectivity index is 1.41. The van der Waals surface area contributed by atoms with Crippen molar-refractivity contribution in [1.82, 2.24) is 30.8 Å². The number of hydrogen-bond donors (Lipinski definition) is 4. The first kappa shape index (κ1) is 36.1. The molecule has 2 heterocycles. The van der Waals surface area contributed by atoms with Crippen molar-refractivity contribution in [3.63, 3.8) is 0 Å². The molecule has 256 valence electrons. The first-order valence-electron chi connectivity index (χ1n) is 15.9. The number of aliphatic hydroxyl groups excluding tert-OH is 1. The third-order valence-corrected chi connectivity index (χ3v) is 8.39. The lowest BCUT2D eigenvalue weighted by molar-refractivity contribution is -0.123. The second-order valence-electron chi connectivity index (χ2n) is 12.0. The molecule has 0 radical (unpaired) electrons. The van der Waals surface area contributed by atoms with Gasteiger partial charge in [-0.25, -0.2) is 14.6 Å². The number of carbonyl (C=O) groups excluding carboxylic acids is 3. The molecular weight excluding hydrogens is 632 g/mol. The molecule has 12 nitrogen and oxygen atoms in total. The lowest BCUT2D eigenvalue weighted by atomic mass is 9.93. The van der Waals surface area contributed by atoms with E-state index in [2.05, 4.69) is 25.9 Å². The lowest BCUT2D eigenvalue weighted by Crippen LogP contribution is -2.53. The monoisotopic (exact) mass is 676 g/mol. The zero-order valence-electron chi connectivity index (χ0n) is 27.7. The molecular formula is C35H44N6O6S. The van der Waals surface area contributed by atoms with E-state index in [1.807, 2.05) is 74.5 Å². The van der Waals surface area contributed by atoms with E-state index >= 15 is 0 Å². The van der Waals surface area contributed by atoms with Gasteiger partial charge in [-0.2, -0.15) is 0 Å². The summed E-state index contributed by atoms with van der Waals surface area (Å²) in [5.74, 6) is 0.300. The van der Waals surface area contributed by atoms with Crippen molar-refractivity contribution in [2.75, 3.05) is 7.05 Å². The standard InChI is InChI=1S/C35H44N6O6S/c1-23(2)33-39-28(20-46-33)19-41(4)34(44)37-24(3)32(43)38-27(15-25-11-7-5-8-12-25)17-31(42)30(16-26-13-9-6-10-14-26)40-35(45)47-21-29-18-36-22-48-29/h5-14,18,20,22-24,27,30-31,42H,15-17,19,21H2,1-4H3,(H,37,44)(H,38,43)(H,40,45)/t24?,27-,30-,31-/m0/s1. The van der Waals surface area contributed by atoms with Crippen LogP contribution >= 0.6 is 11.3 Å². The average molecular weight is 677 g/mol. The van der Waals surface area contributed by atoms with Crippen molar-refractivity contribution >= 4 is 29.4 Å². The molecule has 13 heteroatoms. The van der Waals surface area contributed by atoms with Gasteiger partial charge >= 0.3 is 12.1 Å². The van der Waals surface area contributed by atoms with E-state index in [0.717, 1.165) is 16.0 Å². The molecule has 0 aliphatic heterocycles. The number of hydrogen-bond acceptors (Lipinski definition) is 9.